The molecule has 0 spiro atoms. The van der Waals surface area contributed by atoms with Crippen molar-refractivity contribution in [3.05, 3.63) is 65.6 Å². The molecule has 0 bridgehead atoms. The molecule has 154 valence electrons. The minimum Gasteiger partial charge on any atom is -0.400 e. The minimum atomic E-state index is -0.528. The van der Waals surface area contributed by atoms with Gasteiger partial charge in [-0.15, -0.1) is 0 Å². The van der Waals surface area contributed by atoms with Gasteiger partial charge < -0.3 is 14.6 Å². The third-order valence-corrected chi connectivity index (χ3v) is 6.24. The summed E-state index contributed by atoms with van der Waals surface area (Å²) in [6.07, 6.45) is 2.13. The Morgan fingerprint density at radius 1 is 0.933 bits per heavy atom. The van der Waals surface area contributed by atoms with Crippen LogP contribution in [-0.2, 0) is 14.1 Å². The number of hydrogen-bond donors (Lipinski definition) is 1. The van der Waals surface area contributed by atoms with Gasteiger partial charge in [-0.05, 0) is 66.3 Å². The maximum absolute atomic E-state index is 11.7. The highest BCUT2D eigenvalue weighted by atomic mass is 16.7. The molecule has 3 aromatic carbocycles. The summed E-state index contributed by atoms with van der Waals surface area (Å²) in [4.78, 5) is 11.7. The Kier molecular flexibility index (Phi) is 5.21. The van der Waals surface area contributed by atoms with Crippen LogP contribution in [0.3, 0.4) is 0 Å². The smallest absolute Gasteiger partial charge is 0.400 e. The summed E-state index contributed by atoms with van der Waals surface area (Å²) in [5.74, 6) is -0.0832. The molecule has 1 amide bonds. The maximum atomic E-state index is 11.7. The summed E-state index contributed by atoms with van der Waals surface area (Å²) in [6.45, 7) is 10.0. The van der Waals surface area contributed by atoms with Crippen molar-refractivity contribution < 1.29 is 14.1 Å². The number of benzene rings is 3. The van der Waals surface area contributed by atoms with Crippen molar-refractivity contribution in [1.82, 2.24) is 5.32 Å². The lowest BCUT2D eigenvalue weighted by Gasteiger charge is -2.32. The van der Waals surface area contributed by atoms with Crippen LogP contribution >= 0.6 is 0 Å². The molecule has 1 aliphatic heterocycles. The molecule has 0 aliphatic carbocycles. The minimum absolute atomic E-state index is 0.0832. The monoisotopic (exact) mass is 401 g/mol. The van der Waals surface area contributed by atoms with Gasteiger partial charge in [0.1, 0.15) is 0 Å². The van der Waals surface area contributed by atoms with Crippen LogP contribution in [0.5, 0.6) is 0 Å². The molecule has 0 saturated carbocycles. The van der Waals surface area contributed by atoms with Crippen molar-refractivity contribution in [2.24, 2.45) is 0 Å². The lowest BCUT2D eigenvalue weighted by molar-refractivity contribution is -0.118. The fourth-order valence-corrected chi connectivity index (χ4v) is 3.81. The van der Waals surface area contributed by atoms with E-state index in [1.807, 2.05) is 27.7 Å². The van der Waals surface area contributed by atoms with E-state index < -0.39 is 18.3 Å². The fourth-order valence-electron chi connectivity index (χ4n) is 3.81. The summed E-state index contributed by atoms with van der Waals surface area (Å²) < 4.78 is 12.6. The first kappa shape index (κ1) is 20.6. The molecule has 5 heteroatoms. The van der Waals surface area contributed by atoms with Gasteiger partial charge in [-0.1, -0.05) is 54.6 Å². The Bertz CT molecular complexity index is 1080. The van der Waals surface area contributed by atoms with Crippen LogP contribution < -0.4 is 5.32 Å². The van der Waals surface area contributed by atoms with Crippen LogP contribution in [0.15, 0.2) is 60.1 Å². The normalized spacial score (nSPS) is 18.2. The van der Waals surface area contributed by atoms with Gasteiger partial charge in [-0.3, -0.25) is 4.79 Å². The highest BCUT2D eigenvalue weighted by Gasteiger charge is 2.52. The quantitative estimate of drug-likeness (QED) is 0.486. The van der Waals surface area contributed by atoms with E-state index in [1.54, 1.807) is 0 Å². The molecular weight excluding hydrogens is 373 g/mol. The van der Waals surface area contributed by atoms with Gasteiger partial charge >= 0.3 is 7.12 Å². The predicted octanol–water partition coefficient (Wildman–Crippen LogP) is 5.14. The van der Waals surface area contributed by atoms with E-state index in [-0.39, 0.29) is 5.91 Å². The van der Waals surface area contributed by atoms with E-state index >= 15 is 0 Å². The molecule has 4 rings (SSSR count). The van der Waals surface area contributed by atoms with Crippen LogP contribution in [0, 0.1) is 0 Å². The van der Waals surface area contributed by atoms with Crippen molar-refractivity contribution in [3.63, 3.8) is 0 Å². The number of rotatable bonds is 4. The third kappa shape index (κ3) is 3.75. The average Bonchev–Trinajstić information content (AvgIpc) is 2.91. The van der Waals surface area contributed by atoms with Gasteiger partial charge in [0.15, 0.2) is 0 Å². The predicted molar refractivity (Wildman–Crippen MR) is 124 cm³/mol. The third-order valence-electron chi connectivity index (χ3n) is 6.24. The Hall–Kier alpha value is -2.63. The number of carbonyl (C=O) groups excluding carboxylic acids is 1. The van der Waals surface area contributed by atoms with Crippen molar-refractivity contribution in [1.29, 1.82) is 0 Å². The Balaban J connectivity index is 1.89. The number of amides is 1. The lowest BCUT2D eigenvalue weighted by atomic mass is 9.76. The topological polar surface area (TPSA) is 47.6 Å². The first-order chi connectivity index (χ1) is 14.2. The van der Waals surface area contributed by atoms with E-state index in [9.17, 15) is 4.79 Å². The lowest BCUT2D eigenvalue weighted by Crippen LogP contribution is -2.41. The van der Waals surface area contributed by atoms with Crippen LogP contribution in [0.2, 0.25) is 0 Å². The molecule has 1 aliphatic rings. The Labute approximate surface area is 178 Å². The van der Waals surface area contributed by atoms with Gasteiger partial charge in [0.2, 0.25) is 5.91 Å². The molecule has 0 atom stereocenters. The van der Waals surface area contributed by atoms with Gasteiger partial charge in [-0.2, -0.15) is 0 Å². The number of carbonyl (C=O) groups is 1. The molecule has 3 aromatic rings. The molecule has 4 nitrogen and oxygen atoms in total. The standard InChI is InChI=1S/C25H28BNO3/c1-17(28)27-16-20(26-29-24(2,3)25(4,5)30-26)15-23-21-12-8-6-10-18(21)14-19-11-7-9-13-22(19)23/h6-15H,16H2,1-5H3,(H,27,28). The van der Waals surface area contributed by atoms with E-state index in [0.717, 1.165) is 21.8 Å². The van der Waals surface area contributed by atoms with Crippen molar-refractivity contribution in [2.45, 2.75) is 45.8 Å². The summed E-state index contributed by atoms with van der Waals surface area (Å²) in [7, 11) is -0.528. The Morgan fingerprint density at radius 3 is 1.93 bits per heavy atom. The van der Waals surface area contributed by atoms with Gasteiger partial charge in [0.25, 0.3) is 0 Å². The fraction of sp³-hybridized carbons (Fsp3) is 0.320. The molecule has 0 aromatic heterocycles. The maximum Gasteiger partial charge on any atom is 0.492 e. The van der Waals surface area contributed by atoms with Crippen LogP contribution in [0.4, 0.5) is 0 Å². The van der Waals surface area contributed by atoms with E-state index in [0.29, 0.717) is 6.54 Å². The van der Waals surface area contributed by atoms with Crippen molar-refractivity contribution >= 4 is 40.6 Å². The zero-order chi connectivity index (χ0) is 21.5. The highest BCUT2D eigenvalue weighted by molar-refractivity contribution is 6.56. The SMILES string of the molecule is CC(=O)NCC(=Cc1c2ccccc2cc2ccccc12)B1OC(C)(C)C(C)(C)O1. The molecule has 0 radical (unpaired) electrons. The zero-order valence-electron chi connectivity index (χ0n) is 18.3. The van der Waals surface area contributed by atoms with Crippen molar-refractivity contribution in [2.75, 3.05) is 6.54 Å². The Morgan fingerprint density at radius 2 is 1.43 bits per heavy atom. The molecule has 1 N–H and O–H groups in total. The molecule has 1 heterocycles. The number of fused-ring (bicyclic) bond motifs is 2. The molecule has 0 unspecified atom stereocenters. The number of hydrogen-bond acceptors (Lipinski definition) is 3. The molecule has 1 saturated heterocycles. The van der Waals surface area contributed by atoms with Crippen LogP contribution in [0.1, 0.15) is 40.2 Å². The zero-order valence-corrected chi connectivity index (χ0v) is 18.3. The summed E-state index contributed by atoms with van der Waals surface area (Å²) in [5.41, 5.74) is 1.10. The van der Waals surface area contributed by atoms with E-state index in [2.05, 4.69) is 66.0 Å². The second kappa shape index (κ2) is 7.57. The largest absolute Gasteiger partial charge is 0.492 e. The van der Waals surface area contributed by atoms with Crippen molar-refractivity contribution in [3.8, 4) is 0 Å². The van der Waals surface area contributed by atoms with Crippen LogP contribution in [-0.4, -0.2) is 30.8 Å². The summed E-state index contributed by atoms with van der Waals surface area (Å²) in [6, 6.07) is 18.9. The van der Waals surface area contributed by atoms with Crippen LogP contribution in [0.25, 0.3) is 27.6 Å². The summed E-state index contributed by atoms with van der Waals surface area (Å²) in [5, 5.41) is 7.60. The first-order valence-electron chi connectivity index (χ1n) is 10.4. The number of nitrogens with one attached hydrogen (secondary N) is 1. The second-order valence-electron chi connectivity index (χ2n) is 8.95. The highest BCUT2D eigenvalue weighted by Crippen LogP contribution is 2.39. The van der Waals surface area contributed by atoms with Gasteiger partial charge in [0, 0.05) is 13.5 Å². The molecular formula is C25H28BNO3. The van der Waals surface area contributed by atoms with Gasteiger partial charge in [-0.25, -0.2) is 0 Å². The molecule has 1 fully saturated rings. The second-order valence-corrected chi connectivity index (χ2v) is 8.95. The van der Waals surface area contributed by atoms with E-state index in [1.165, 1.54) is 17.7 Å². The first-order valence-corrected chi connectivity index (χ1v) is 10.4. The summed E-state index contributed by atoms with van der Waals surface area (Å²) >= 11 is 0. The average molecular weight is 401 g/mol. The molecule has 30 heavy (non-hydrogen) atoms. The van der Waals surface area contributed by atoms with Gasteiger partial charge in [0.05, 0.1) is 11.2 Å². The van der Waals surface area contributed by atoms with E-state index in [4.69, 9.17) is 9.31 Å².